The summed E-state index contributed by atoms with van der Waals surface area (Å²) in [5, 5.41) is 12.2. The molecule has 0 saturated carbocycles. The molecule has 0 unspecified atom stereocenters. The molecule has 8 heteroatoms. The van der Waals surface area contributed by atoms with E-state index >= 15 is 0 Å². The standard InChI is InChI=1S/C13H24N4O3S/c1-13(2,3)14-8-10(18)9-20-12-11(15-21-16-12)17-4-6-19-7-5-17/h10,14,18H,4-9H2,1-3H3/t10-/m0/s1/i1D3,2D3,3D3,4D2,5D2,6D2,7D2,9D2. The van der Waals surface area contributed by atoms with Crippen LogP contribution in [0.4, 0.5) is 5.82 Å². The van der Waals surface area contributed by atoms with Crippen molar-refractivity contribution in [2.24, 2.45) is 0 Å². The van der Waals surface area contributed by atoms with Crippen molar-refractivity contribution in [2.75, 3.05) is 44.1 Å². The van der Waals surface area contributed by atoms with Crippen LogP contribution in [-0.4, -0.2) is 64.7 Å². The Morgan fingerprint density at radius 1 is 1.57 bits per heavy atom. The number of nitrogens with one attached hydrogen (secondary N) is 1. The molecule has 0 radical (unpaired) electrons. The van der Waals surface area contributed by atoms with Crippen molar-refractivity contribution in [3.8, 4) is 5.88 Å². The van der Waals surface area contributed by atoms with Crippen molar-refractivity contribution in [1.29, 1.82) is 0 Å². The molecule has 1 atom stereocenters. The number of morpholine rings is 1. The molecule has 0 aliphatic carbocycles. The van der Waals surface area contributed by atoms with E-state index in [1.54, 1.807) is 5.32 Å². The molecule has 7 nitrogen and oxygen atoms in total. The molecule has 1 aliphatic rings. The molecular formula is C13H24N4O3S. The number of hydrogen-bond donors (Lipinski definition) is 2. The maximum Gasteiger partial charge on any atom is 0.270 e. The lowest BCUT2D eigenvalue weighted by Gasteiger charge is -2.27. The molecule has 0 bridgehead atoms. The number of rotatable bonds is 6. The predicted molar refractivity (Wildman–Crippen MR) is 82.2 cm³/mol. The molecule has 120 valence electrons. The average Bonchev–Trinajstić information content (AvgIpc) is 3.09. The van der Waals surface area contributed by atoms with Crippen LogP contribution in [0, 0.1) is 0 Å². The first-order valence-electron chi connectivity index (χ1n) is 14.9. The van der Waals surface area contributed by atoms with E-state index in [1.807, 2.05) is 0 Å². The molecule has 2 rings (SSSR count). The maximum absolute atomic E-state index is 10.4. The molecule has 0 amide bonds. The summed E-state index contributed by atoms with van der Waals surface area (Å²) < 4.78 is 164. The van der Waals surface area contributed by atoms with Crippen molar-refractivity contribution in [1.82, 2.24) is 14.1 Å². The number of aliphatic hydroxyl groups is 1. The third-order valence-corrected chi connectivity index (χ3v) is 2.43. The summed E-state index contributed by atoms with van der Waals surface area (Å²) in [6.07, 6.45) is -2.55. The predicted octanol–water partition coefficient (Wildman–Crippen LogP) is 0.502. The van der Waals surface area contributed by atoms with Crippen LogP contribution in [0.25, 0.3) is 0 Å². The van der Waals surface area contributed by atoms with E-state index in [1.165, 1.54) is 0 Å². The zero-order valence-electron chi connectivity index (χ0n) is 29.3. The molecule has 0 aromatic carbocycles. The van der Waals surface area contributed by atoms with Crippen molar-refractivity contribution in [2.45, 2.75) is 32.2 Å². The first kappa shape index (κ1) is 4.53. The summed E-state index contributed by atoms with van der Waals surface area (Å²) in [6.45, 7) is -30.0. The topological polar surface area (TPSA) is 79.7 Å². The second-order valence-corrected chi connectivity index (χ2v) is 4.15. The van der Waals surface area contributed by atoms with Gasteiger partial charge in [0.1, 0.15) is 12.7 Å². The minimum atomic E-state index is -3.73. The lowest BCUT2D eigenvalue weighted by atomic mass is 10.1. The molecule has 0 spiro atoms. The molecule has 2 N–H and O–H groups in total. The van der Waals surface area contributed by atoms with E-state index in [9.17, 15) is 5.11 Å². The van der Waals surface area contributed by atoms with Gasteiger partial charge in [0.15, 0.2) is 0 Å². The van der Waals surface area contributed by atoms with E-state index in [0.717, 1.165) is 0 Å². The van der Waals surface area contributed by atoms with E-state index in [-0.39, 0.29) is 16.6 Å². The fourth-order valence-electron chi connectivity index (χ4n) is 1.09. The summed E-state index contributed by atoms with van der Waals surface area (Å²) in [4.78, 5) is -0.161. The van der Waals surface area contributed by atoms with E-state index in [0.29, 0.717) is 0 Å². The highest BCUT2D eigenvalue weighted by Gasteiger charge is 2.21. The van der Waals surface area contributed by atoms with Crippen LogP contribution in [0.1, 0.15) is 46.6 Å². The SMILES string of the molecule is [2H]C([2H])(Oc1nsnc1N1C([2H])([2H])C([2H])([2H])OC([2H])([2H])C1([2H])[2H])[C@@H](O)CNC(C([2H])([2H])[2H])(C([2H])([2H])[2H])C([2H])([2H])[2H]. The van der Waals surface area contributed by atoms with Gasteiger partial charge < -0.3 is 24.8 Å². The van der Waals surface area contributed by atoms with Crippen LogP contribution in [0.5, 0.6) is 5.88 Å². The third kappa shape index (κ3) is 5.39. The Bertz CT molecular complexity index is 1000. The van der Waals surface area contributed by atoms with E-state index in [2.05, 4.69) is 13.5 Å². The monoisotopic (exact) mass is 335 g/mol. The number of nitrogens with zero attached hydrogens (tertiary/aromatic N) is 3. The summed E-state index contributed by atoms with van der Waals surface area (Å²) in [6, 6.07) is 0. The number of anilines is 1. The quantitative estimate of drug-likeness (QED) is 0.784. The number of ether oxygens (including phenoxy) is 2. The second kappa shape index (κ2) is 7.35. The largest absolute Gasteiger partial charge is 0.472 e. The van der Waals surface area contributed by atoms with Gasteiger partial charge in [-0.25, -0.2) is 0 Å². The average molecular weight is 336 g/mol. The normalized spacial score (nSPS) is 43.3. The van der Waals surface area contributed by atoms with Crippen molar-refractivity contribution >= 4 is 17.5 Å². The van der Waals surface area contributed by atoms with Gasteiger partial charge in [-0.15, -0.1) is 4.37 Å². The number of aliphatic hydroxyl groups excluding tert-OH is 1. The highest BCUT2D eigenvalue weighted by atomic mass is 32.1. The molecule has 1 fully saturated rings. The van der Waals surface area contributed by atoms with Crippen LogP contribution in [0.15, 0.2) is 0 Å². The zero-order chi connectivity index (χ0) is 31.8. The number of β-amino-alcohol motifs (C(OH)–C–C–N with tert-alkyl or cyclic N) is 1. The fourth-order valence-corrected chi connectivity index (χ4v) is 1.56. The van der Waals surface area contributed by atoms with Crippen LogP contribution in [0.3, 0.4) is 0 Å². The Kier molecular flexibility index (Phi) is 1.59. The van der Waals surface area contributed by atoms with Crippen molar-refractivity contribution in [3.63, 3.8) is 0 Å². The lowest BCUT2D eigenvalue weighted by Crippen LogP contribution is -2.42. The Labute approximate surface area is 156 Å². The Hall–Kier alpha value is -0.960. The molecule has 1 aromatic rings. The lowest BCUT2D eigenvalue weighted by molar-refractivity contribution is 0.0975. The number of aromatic nitrogens is 2. The second-order valence-electron chi connectivity index (χ2n) is 3.62. The first-order valence-corrected chi connectivity index (χ1v) is 6.09. The highest BCUT2D eigenvalue weighted by molar-refractivity contribution is 6.99. The van der Waals surface area contributed by atoms with Gasteiger partial charge in [0.25, 0.3) is 5.88 Å². The van der Waals surface area contributed by atoms with Gasteiger partial charge >= 0.3 is 0 Å². The fraction of sp³-hybridized carbons (Fsp3) is 0.846. The van der Waals surface area contributed by atoms with Crippen LogP contribution in [0.2, 0.25) is 0 Å². The van der Waals surface area contributed by atoms with Crippen LogP contribution in [-0.2, 0) is 4.74 Å². The zero-order valence-corrected chi connectivity index (χ0v) is 11.1. The van der Waals surface area contributed by atoms with E-state index < -0.39 is 83.1 Å². The van der Waals surface area contributed by atoms with Gasteiger partial charge in [-0.05, 0) is 20.6 Å². The minimum absolute atomic E-state index is 0.161. The molecule has 2 heterocycles. The van der Waals surface area contributed by atoms with Crippen molar-refractivity contribution in [3.05, 3.63) is 0 Å². The molecule has 1 aromatic heterocycles. The van der Waals surface area contributed by atoms with Gasteiger partial charge in [0.05, 0.1) is 38.6 Å². The van der Waals surface area contributed by atoms with Crippen molar-refractivity contribution < 1.29 is 40.6 Å². The molecule has 1 saturated heterocycles. The first-order chi connectivity index (χ1) is 17.4. The maximum atomic E-state index is 10.4. The molecule has 21 heavy (non-hydrogen) atoms. The smallest absolute Gasteiger partial charge is 0.270 e. The van der Waals surface area contributed by atoms with Gasteiger partial charge in [-0.3, -0.25) is 0 Å². The Balaban J connectivity index is 2.47. The summed E-state index contributed by atoms with van der Waals surface area (Å²) in [5.74, 6) is -2.13. The van der Waals surface area contributed by atoms with Crippen LogP contribution >= 0.6 is 11.7 Å². The van der Waals surface area contributed by atoms with Gasteiger partial charge in [0.2, 0.25) is 5.82 Å². The minimum Gasteiger partial charge on any atom is -0.472 e. The van der Waals surface area contributed by atoms with Gasteiger partial charge in [-0.2, -0.15) is 4.37 Å². The Morgan fingerprint density at radius 3 is 3.05 bits per heavy atom. The van der Waals surface area contributed by atoms with Gasteiger partial charge in [-0.1, -0.05) is 0 Å². The summed E-state index contributed by atoms with van der Waals surface area (Å²) >= 11 is 0.169. The number of hydrogen-bond acceptors (Lipinski definition) is 8. The highest BCUT2D eigenvalue weighted by Crippen LogP contribution is 2.26. The summed E-state index contributed by atoms with van der Waals surface area (Å²) in [5.41, 5.74) is -3.63. The molecule has 1 aliphatic heterocycles. The third-order valence-electron chi connectivity index (χ3n) is 1.92. The Morgan fingerprint density at radius 2 is 2.33 bits per heavy atom. The van der Waals surface area contributed by atoms with E-state index in [4.69, 9.17) is 30.8 Å². The summed E-state index contributed by atoms with van der Waals surface area (Å²) in [7, 11) is 0. The van der Waals surface area contributed by atoms with Crippen LogP contribution < -0.4 is 15.0 Å². The van der Waals surface area contributed by atoms with Gasteiger partial charge in [0, 0.05) is 37.4 Å². The molecular weight excluding hydrogens is 292 g/mol.